The number of imidazole rings is 1. The number of rotatable bonds is 10. The van der Waals surface area contributed by atoms with E-state index in [-0.39, 0.29) is 31.4 Å². The summed E-state index contributed by atoms with van der Waals surface area (Å²) in [5, 5.41) is 0.622. The van der Waals surface area contributed by atoms with Gasteiger partial charge in [-0.3, -0.25) is 18.5 Å². The molecule has 0 saturated heterocycles. The molecule has 0 radical (unpaired) electrons. The minimum absolute atomic E-state index is 0.160. The predicted molar refractivity (Wildman–Crippen MR) is 136 cm³/mol. The molecule has 4 aromatic rings. The van der Waals surface area contributed by atoms with Crippen LogP contribution in [0.2, 0.25) is 5.02 Å². The van der Waals surface area contributed by atoms with E-state index in [1.807, 2.05) is 50.2 Å². The van der Waals surface area contributed by atoms with Crippen LogP contribution in [0.15, 0.2) is 58.1 Å². The van der Waals surface area contributed by atoms with Gasteiger partial charge in [0.15, 0.2) is 11.2 Å². The first kappa shape index (κ1) is 24.8. The van der Waals surface area contributed by atoms with Gasteiger partial charge in [-0.05, 0) is 36.6 Å². The summed E-state index contributed by atoms with van der Waals surface area (Å²) in [5.41, 5.74) is 2.74. The maximum absolute atomic E-state index is 13.5. The van der Waals surface area contributed by atoms with Gasteiger partial charge in [0, 0.05) is 18.7 Å². The second kappa shape index (κ2) is 10.9. The standard InChI is InChI=1S/C26H29ClN4O4/c1-4-13-34-14-12-30-24(32)22-23(29(3)26(30)33)28-25(35-17-20-7-5-6-18(2)15-20)31(22)16-19-8-10-21(27)11-9-19/h5-11,15H,4,12-14,16-17H2,1-3H3. The van der Waals surface area contributed by atoms with Crippen molar-refractivity contribution in [3.63, 3.8) is 0 Å². The average Bonchev–Trinajstić information content (AvgIpc) is 3.20. The molecular formula is C26H29ClN4O4. The molecule has 0 saturated carbocycles. The minimum atomic E-state index is -0.441. The van der Waals surface area contributed by atoms with Gasteiger partial charge < -0.3 is 9.47 Å². The number of ether oxygens (including phenoxy) is 2. The Balaban J connectivity index is 1.79. The van der Waals surface area contributed by atoms with Crippen molar-refractivity contribution in [1.29, 1.82) is 0 Å². The number of benzene rings is 2. The molecule has 0 aliphatic rings. The highest BCUT2D eigenvalue weighted by atomic mass is 35.5. The van der Waals surface area contributed by atoms with Crippen molar-refractivity contribution in [3.05, 3.63) is 91.1 Å². The van der Waals surface area contributed by atoms with Crippen molar-refractivity contribution < 1.29 is 9.47 Å². The van der Waals surface area contributed by atoms with Crippen molar-refractivity contribution >= 4 is 22.8 Å². The van der Waals surface area contributed by atoms with Crippen molar-refractivity contribution in [2.75, 3.05) is 13.2 Å². The van der Waals surface area contributed by atoms with Crippen LogP contribution in [0.5, 0.6) is 6.01 Å². The number of aryl methyl sites for hydroxylation is 2. The zero-order valence-corrected chi connectivity index (χ0v) is 20.9. The molecule has 2 aromatic heterocycles. The molecular weight excluding hydrogens is 468 g/mol. The molecule has 0 N–H and O–H groups in total. The highest BCUT2D eigenvalue weighted by molar-refractivity contribution is 6.30. The molecule has 0 amide bonds. The Labute approximate surface area is 208 Å². The molecule has 0 atom stereocenters. The second-order valence-electron chi connectivity index (χ2n) is 8.47. The number of hydrogen-bond donors (Lipinski definition) is 0. The lowest BCUT2D eigenvalue weighted by molar-refractivity contribution is 0.125. The first-order valence-corrected chi connectivity index (χ1v) is 12.0. The van der Waals surface area contributed by atoms with Crippen molar-refractivity contribution in [2.24, 2.45) is 7.05 Å². The molecule has 2 aromatic carbocycles. The van der Waals surface area contributed by atoms with Crippen molar-refractivity contribution in [1.82, 2.24) is 18.7 Å². The Morgan fingerprint density at radius 2 is 1.77 bits per heavy atom. The summed E-state index contributed by atoms with van der Waals surface area (Å²) in [7, 11) is 1.61. The quantitative estimate of drug-likeness (QED) is 0.311. The third kappa shape index (κ3) is 5.49. The number of aromatic nitrogens is 4. The summed E-state index contributed by atoms with van der Waals surface area (Å²) in [6.07, 6.45) is 0.863. The van der Waals surface area contributed by atoms with Crippen LogP contribution in [-0.2, 0) is 31.5 Å². The molecule has 0 bridgehead atoms. The van der Waals surface area contributed by atoms with Crippen LogP contribution in [0.1, 0.15) is 30.0 Å². The van der Waals surface area contributed by atoms with Crippen LogP contribution in [0.25, 0.3) is 11.2 Å². The van der Waals surface area contributed by atoms with Gasteiger partial charge in [0.1, 0.15) is 6.61 Å². The molecule has 2 heterocycles. The van der Waals surface area contributed by atoms with Gasteiger partial charge in [-0.15, -0.1) is 0 Å². The molecule has 0 spiro atoms. The highest BCUT2D eigenvalue weighted by Gasteiger charge is 2.21. The summed E-state index contributed by atoms with van der Waals surface area (Å²) < 4.78 is 15.9. The monoisotopic (exact) mass is 496 g/mol. The van der Waals surface area contributed by atoms with Crippen LogP contribution < -0.4 is 16.0 Å². The molecule has 0 aliphatic heterocycles. The van der Waals surface area contributed by atoms with E-state index in [1.54, 1.807) is 23.7 Å². The molecule has 184 valence electrons. The zero-order valence-electron chi connectivity index (χ0n) is 20.2. The second-order valence-corrected chi connectivity index (χ2v) is 8.90. The Hall–Kier alpha value is -3.36. The Morgan fingerprint density at radius 3 is 2.49 bits per heavy atom. The van der Waals surface area contributed by atoms with Crippen LogP contribution in [0.4, 0.5) is 0 Å². The van der Waals surface area contributed by atoms with Crippen LogP contribution >= 0.6 is 11.6 Å². The summed E-state index contributed by atoms with van der Waals surface area (Å²) >= 11 is 6.06. The van der Waals surface area contributed by atoms with Gasteiger partial charge in [-0.2, -0.15) is 4.98 Å². The fraction of sp³-hybridized carbons (Fsp3) is 0.346. The summed E-state index contributed by atoms with van der Waals surface area (Å²) in [6, 6.07) is 15.6. The maximum atomic E-state index is 13.5. The van der Waals surface area contributed by atoms with Crippen LogP contribution in [-0.4, -0.2) is 31.9 Å². The number of hydrogen-bond acceptors (Lipinski definition) is 5. The highest BCUT2D eigenvalue weighted by Crippen LogP contribution is 2.22. The largest absolute Gasteiger partial charge is 0.460 e. The van der Waals surface area contributed by atoms with Gasteiger partial charge in [0.25, 0.3) is 11.6 Å². The summed E-state index contributed by atoms with van der Waals surface area (Å²) in [6.45, 7) is 5.63. The SMILES string of the molecule is CCCOCCn1c(=O)c2c(nc(OCc3cccc(C)c3)n2Cc2ccc(Cl)cc2)n(C)c1=O. The minimum Gasteiger partial charge on any atom is -0.460 e. The molecule has 9 heteroatoms. The lowest BCUT2D eigenvalue weighted by atomic mass is 10.1. The van der Waals surface area contributed by atoms with Gasteiger partial charge in [-0.25, -0.2) is 4.79 Å². The number of fused-ring (bicyclic) bond motifs is 1. The van der Waals surface area contributed by atoms with E-state index >= 15 is 0 Å². The number of halogens is 1. The van der Waals surface area contributed by atoms with E-state index in [4.69, 9.17) is 21.1 Å². The van der Waals surface area contributed by atoms with E-state index in [2.05, 4.69) is 4.98 Å². The van der Waals surface area contributed by atoms with E-state index in [0.29, 0.717) is 23.7 Å². The Kier molecular flexibility index (Phi) is 7.73. The molecule has 8 nitrogen and oxygen atoms in total. The predicted octanol–water partition coefficient (Wildman–Crippen LogP) is 3.91. The van der Waals surface area contributed by atoms with Crippen LogP contribution in [0, 0.1) is 6.92 Å². The van der Waals surface area contributed by atoms with Gasteiger partial charge >= 0.3 is 5.69 Å². The van der Waals surface area contributed by atoms with Gasteiger partial charge in [-0.1, -0.05) is 60.5 Å². The lowest BCUT2D eigenvalue weighted by Gasteiger charge is -2.12. The molecule has 0 aliphatic carbocycles. The van der Waals surface area contributed by atoms with E-state index < -0.39 is 11.2 Å². The van der Waals surface area contributed by atoms with E-state index in [1.165, 1.54) is 9.13 Å². The Bertz CT molecular complexity index is 1440. The lowest BCUT2D eigenvalue weighted by Crippen LogP contribution is -2.40. The summed E-state index contributed by atoms with van der Waals surface area (Å²) in [4.78, 5) is 31.1. The van der Waals surface area contributed by atoms with Crippen molar-refractivity contribution in [2.45, 2.75) is 40.0 Å². The van der Waals surface area contributed by atoms with E-state index in [0.717, 1.165) is 23.1 Å². The smallest absolute Gasteiger partial charge is 0.332 e. The average molecular weight is 497 g/mol. The van der Waals surface area contributed by atoms with Gasteiger partial charge in [0.2, 0.25) is 0 Å². The fourth-order valence-electron chi connectivity index (χ4n) is 3.93. The topological polar surface area (TPSA) is 80.3 Å². The van der Waals surface area contributed by atoms with Crippen LogP contribution in [0.3, 0.4) is 0 Å². The fourth-order valence-corrected chi connectivity index (χ4v) is 4.06. The molecule has 35 heavy (non-hydrogen) atoms. The first-order valence-electron chi connectivity index (χ1n) is 11.6. The maximum Gasteiger partial charge on any atom is 0.332 e. The summed E-state index contributed by atoms with van der Waals surface area (Å²) in [5.74, 6) is 0. The normalized spacial score (nSPS) is 11.3. The van der Waals surface area contributed by atoms with E-state index in [9.17, 15) is 9.59 Å². The Morgan fingerprint density at radius 1 is 1.00 bits per heavy atom. The molecule has 0 unspecified atom stereocenters. The zero-order chi connectivity index (χ0) is 24.9. The first-order chi connectivity index (χ1) is 16.9. The third-order valence-corrected chi connectivity index (χ3v) is 5.96. The third-order valence-electron chi connectivity index (χ3n) is 5.71. The molecule has 0 fully saturated rings. The molecule has 4 rings (SSSR count). The van der Waals surface area contributed by atoms with Gasteiger partial charge in [0.05, 0.1) is 19.7 Å². The number of nitrogens with zero attached hydrogens (tertiary/aromatic N) is 4. The van der Waals surface area contributed by atoms with Crippen molar-refractivity contribution in [3.8, 4) is 6.01 Å².